The minimum Gasteiger partial charge on any atom is -0.352 e. The first-order valence-electron chi connectivity index (χ1n) is 14.7. The Hall–Kier alpha value is -3.85. The monoisotopic (exact) mass is 665 g/mol. The lowest BCUT2D eigenvalue weighted by molar-refractivity contribution is -0.140. The zero-order valence-electron chi connectivity index (χ0n) is 25.5. The summed E-state index contributed by atoms with van der Waals surface area (Å²) in [4.78, 5) is 30.0. The molecule has 0 heterocycles. The minimum absolute atomic E-state index is 0.0188. The van der Waals surface area contributed by atoms with E-state index in [2.05, 4.69) is 5.32 Å². The number of amides is 2. The van der Waals surface area contributed by atoms with Gasteiger partial charge in [0.15, 0.2) is 0 Å². The van der Waals surface area contributed by atoms with E-state index in [9.17, 15) is 18.0 Å². The van der Waals surface area contributed by atoms with Crippen LogP contribution in [0.4, 0.5) is 5.69 Å². The summed E-state index contributed by atoms with van der Waals surface area (Å²) in [7, 11) is -4.29. The molecule has 0 aliphatic carbocycles. The van der Waals surface area contributed by atoms with Gasteiger partial charge >= 0.3 is 0 Å². The van der Waals surface area contributed by atoms with Gasteiger partial charge in [0.2, 0.25) is 11.8 Å². The van der Waals surface area contributed by atoms with Crippen molar-refractivity contribution >= 4 is 50.7 Å². The van der Waals surface area contributed by atoms with E-state index < -0.39 is 28.5 Å². The minimum atomic E-state index is -4.29. The molecule has 4 rings (SSSR count). The average Bonchev–Trinajstić information content (AvgIpc) is 3.04. The van der Waals surface area contributed by atoms with Crippen LogP contribution in [0.2, 0.25) is 10.0 Å². The quantitative estimate of drug-likeness (QED) is 0.166. The predicted octanol–water partition coefficient (Wildman–Crippen LogP) is 7.05. The fraction of sp³-hybridized carbons (Fsp3) is 0.257. The maximum Gasteiger partial charge on any atom is 0.264 e. The largest absolute Gasteiger partial charge is 0.352 e. The number of carbonyl (C=O) groups excluding carboxylic acids is 2. The molecule has 236 valence electrons. The molecule has 1 N–H and O–H groups in total. The van der Waals surface area contributed by atoms with Gasteiger partial charge in [0.05, 0.1) is 15.6 Å². The first kappa shape index (κ1) is 34.0. The molecule has 0 aromatic heterocycles. The van der Waals surface area contributed by atoms with Crippen LogP contribution in [0.15, 0.2) is 108 Å². The molecule has 0 fully saturated rings. The van der Waals surface area contributed by atoms with Gasteiger partial charge in [-0.05, 0) is 67.3 Å². The first-order valence-corrected chi connectivity index (χ1v) is 16.9. The van der Waals surface area contributed by atoms with E-state index in [0.29, 0.717) is 6.42 Å². The van der Waals surface area contributed by atoms with Crippen LogP contribution in [-0.4, -0.2) is 43.8 Å². The maximum atomic E-state index is 14.6. The summed E-state index contributed by atoms with van der Waals surface area (Å²) in [6.45, 7) is 5.26. The summed E-state index contributed by atoms with van der Waals surface area (Å²) in [5.41, 5.74) is 2.68. The van der Waals surface area contributed by atoms with Crippen molar-refractivity contribution in [1.82, 2.24) is 10.2 Å². The number of halogens is 2. The van der Waals surface area contributed by atoms with Gasteiger partial charge in [-0.25, -0.2) is 8.42 Å². The number of rotatable bonds is 13. The van der Waals surface area contributed by atoms with Gasteiger partial charge in [0, 0.05) is 24.0 Å². The van der Waals surface area contributed by atoms with Crippen molar-refractivity contribution < 1.29 is 18.0 Å². The fourth-order valence-corrected chi connectivity index (χ4v) is 6.76. The van der Waals surface area contributed by atoms with E-state index in [-0.39, 0.29) is 45.5 Å². The summed E-state index contributed by atoms with van der Waals surface area (Å²) >= 11 is 12.8. The number of nitrogens with zero attached hydrogens (tertiary/aromatic N) is 2. The molecule has 4 aromatic carbocycles. The SMILES string of the molecule is CC[C@@H](C)NC(=O)[C@@H](Cc1ccccc1)N(Cc1ccccc1C)C(=O)CN(c1cc(Cl)ccc1Cl)S(=O)(=O)c1ccccc1. The Morgan fingerprint density at radius 3 is 2.13 bits per heavy atom. The molecular formula is C35H37Cl2N3O4S. The second-order valence-corrected chi connectivity index (χ2v) is 13.6. The Labute approximate surface area is 275 Å². The van der Waals surface area contributed by atoms with Gasteiger partial charge in [-0.3, -0.25) is 13.9 Å². The number of sulfonamides is 1. The molecule has 0 saturated carbocycles. The van der Waals surface area contributed by atoms with Crippen molar-refractivity contribution in [1.29, 1.82) is 0 Å². The van der Waals surface area contributed by atoms with Crippen molar-refractivity contribution in [3.8, 4) is 0 Å². The molecular weight excluding hydrogens is 629 g/mol. The summed E-state index contributed by atoms with van der Waals surface area (Å²) in [5, 5.41) is 3.40. The highest BCUT2D eigenvalue weighted by atomic mass is 35.5. The standard InChI is InChI=1S/C35H37Cl2N3O4S/c1-4-26(3)38-35(42)33(21-27-14-7-5-8-15-27)39(23-28-16-12-11-13-25(28)2)34(41)24-40(32-22-29(36)19-20-31(32)37)45(43,44)30-17-9-6-10-18-30/h5-20,22,26,33H,4,21,23-24H2,1-3H3,(H,38,42)/t26-,33-/m1/s1. The number of hydrogen-bond donors (Lipinski definition) is 1. The van der Waals surface area contributed by atoms with Crippen LogP contribution >= 0.6 is 23.2 Å². The lowest BCUT2D eigenvalue weighted by Gasteiger charge is -2.34. The molecule has 10 heteroatoms. The highest BCUT2D eigenvalue weighted by molar-refractivity contribution is 7.92. The van der Waals surface area contributed by atoms with Crippen LogP contribution in [0.25, 0.3) is 0 Å². The van der Waals surface area contributed by atoms with Crippen molar-refractivity contribution in [3.05, 3.63) is 130 Å². The van der Waals surface area contributed by atoms with Crippen LogP contribution in [0.1, 0.15) is 37.0 Å². The van der Waals surface area contributed by atoms with E-state index in [1.807, 2.05) is 75.4 Å². The lowest BCUT2D eigenvalue weighted by atomic mass is 10.0. The van der Waals surface area contributed by atoms with Crippen molar-refractivity contribution in [2.24, 2.45) is 0 Å². The Kier molecular flexibility index (Phi) is 11.7. The lowest BCUT2D eigenvalue weighted by Crippen LogP contribution is -2.54. The maximum absolute atomic E-state index is 14.6. The molecule has 0 saturated heterocycles. The smallest absolute Gasteiger partial charge is 0.264 e. The molecule has 0 aliphatic heterocycles. The highest BCUT2D eigenvalue weighted by Crippen LogP contribution is 2.33. The summed E-state index contributed by atoms with van der Waals surface area (Å²) < 4.78 is 29.2. The van der Waals surface area contributed by atoms with Crippen LogP contribution in [0.3, 0.4) is 0 Å². The van der Waals surface area contributed by atoms with Crippen LogP contribution in [0, 0.1) is 6.92 Å². The summed E-state index contributed by atoms with van der Waals surface area (Å²) in [5.74, 6) is -0.901. The Bertz CT molecular complexity index is 1720. The van der Waals surface area contributed by atoms with Crippen LogP contribution in [0.5, 0.6) is 0 Å². The Morgan fingerprint density at radius 1 is 0.867 bits per heavy atom. The van der Waals surface area contributed by atoms with Gasteiger partial charge < -0.3 is 10.2 Å². The van der Waals surface area contributed by atoms with Crippen molar-refractivity contribution in [2.75, 3.05) is 10.8 Å². The third kappa shape index (κ3) is 8.66. The normalized spacial score (nSPS) is 12.6. The second kappa shape index (κ2) is 15.4. The van der Waals surface area contributed by atoms with E-state index in [1.165, 1.54) is 29.2 Å². The number of aryl methyl sites for hydroxylation is 1. The third-order valence-electron chi connectivity index (χ3n) is 7.66. The van der Waals surface area contributed by atoms with E-state index in [4.69, 9.17) is 23.2 Å². The van der Waals surface area contributed by atoms with Crippen LogP contribution in [-0.2, 0) is 32.6 Å². The van der Waals surface area contributed by atoms with Crippen LogP contribution < -0.4 is 9.62 Å². The van der Waals surface area contributed by atoms with Crippen molar-refractivity contribution in [2.45, 2.75) is 57.1 Å². The zero-order chi connectivity index (χ0) is 32.6. The van der Waals surface area contributed by atoms with Gasteiger partial charge in [-0.2, -0.15) is 0 Å². The number of benzene rings is 4. The first-order chi connectivity index (χ1) is 21.5. The van der Waals surface area contributed by atoms with Gasteiger partial charge in [-0.1, -0.05) is 103 Å². The topological polar surface area (TPSA) is 86.8 Å². The molecule has 45 heavy (non-hydrogen) atoms. The van der Waals surface area contributed by atoms with E-state index in [0.717, 1.165) is 21.0 Å². The van der Waals surface area contributed by atoms with E-state index >= 15 is 0 Å². The van der Waals surface area contributed by atoms with Gasteiger partial charge in [-0.15, -0.1) is 0 Å². The highest BCUT2D eigenvalue weighted by Gasteiger charge is 2.35. The molecule has 2 amide bonds. The number of carbonyl (C=O) groups is 2. The third-order valence-corrected chi connectivity index (χ3v) is 9.99. The summed E-state index contributed by atoms with van der Waals surface area (Å²) in [6.07, 6.45) is 0.927. The Morgan fingerprint density at radius 2 is 1.49 bits per heavy atom. The number of nitrogens with one attached hydrogen (secondary N) is 1. The Balaban J connectivity index is 1.84. The molecule has 0 spiro atoms. The van der Waals surface area contributed by atoms with Crippen molar-refractivity contribution in [3.63, 3.8) is 0 Å². The van der Waals surface area contributed by atoms with E-state index in [1.54, 1.807) is 24.3 Å². The molecule has 0 aliphatic rings. The average molecular weight is 667 g/mol. The second-order valence-electron chi connectivity index (χ2n) is 10.9. The number of hydrogen-bond acceptors (Lipinski definition) is 4. The molecule has 2 atom stereocenters. The number of anilines is 1. The predicted molar refractivity (Wildman–Crippen MR) is 181 cm³/mol. The molecule has 7 nitrogen and oxygen atoms in total. The van der Waals surface area contributed by atoms with Gasteiger partial charge in [0.1, 0.15) is 12.6 Å². The summed E-state index contributed by atoms with van der Waals surface area (Å²) in [6, 6.07) is 28.2. The zero-order valence-corrected chi connectivity index (χ0v) is 27.8. The molecule has 0 bridgehead atoms. The molecule has 4 aromatic rings. The fourth-order valence-electron chi connectivity index (χ4n) is 4.88. The van der Waals surface area contributed by atoms with Gasteiger partial charge in [0.25, 0.3) is 10.0 Å². The molecule has 0 unspecified atom stereocenters. The molecule has 0 radical (unpaired) electrons.